The molecule has 2 aromatic rings. The number of halogens is 2. The molecule has 110 valence electrons. The molecule has 0 heterocycles. The van der Waals surface area contributed by atoms with Gasteiger partial charge in [-0.15, -0.1) is 0 Å². The van der Waals surface area contributed by atoms with Crippen molar-refractivity contribution in [2.45, 2.75) is 32.2 Å². The van der Waals surface area contributed by atoms with Crippen molar-refractivity contribution in [2.75, 3.05) is 5.32 Å². The van der Waals surface area contributed by atoms with Crippen LogP contribution in [-0.2, 0) is 0 Å². The zero-order chi connectivity index (χ0) is 15.1. The molecule has 0 radical (unpaired) electrons. The number of aromatic hydroxyl groups is 1. The Labute approximate surface area is 138 Å². The minimum atomic E-state index is 0.118. The number of benzene rings is 2. The number of aryl methyl sites for hydroxylation is 1. The molecule has 0 aromatic heterocycles. The standard InChI is InChI=1S/C17H17BrClNO/c1-9-3-6-15(21)17-14(7-10(2)16(9)17)20-11-4-5-12(18)13(19)8-11/h3-6,8,10,14,20-21H,7H2,1-2H3. The summed E-state index contributed by atoms with van der Waals surface area (Å²) in [5.41, 5.74) is 4.51. The van der Waals surface area contributed by atoms with Crippen molar-refractivity contribution in [3.05, 3.63) is 56.5 Å². The molecule has 0 fully saturated rings. The average molecular weight is 367 g/mol. The molecule has 0 amide bonds. The molecule has 0 saturated heterocycles. The minimum Gasteiger partial charge on any atom is -0.508 e. The zero-order valence-electron chi connectivity index (χ0n) is 12.0. The fourth-order valence-corrected chi connectivity index (χ4v) is 3.69. The van der Waals surface area contributed by atoms with E-state index in [0.717, 1.165) is 22.1 Å². The third kappa shape index (κ3) is 2.65. The Kier molecular flexibility index (Phi) is 3.89. The summed E-state index contributed by atoms with van der Waals surface area (Å²) in [5.74, 6) is 0.816. The maximum absolute atomic E-state index is 10.2. The van der Waals surface area contributed by atoms with E-state index in [0.29, 0.717) is 16.7 Å². The van der Waals surface area contributed by atoms with Gasteiger partial charge in [-0.1, -0.05) is 24.6 Å². The summed E-state index contributed by atoms with van der Waals surface area (Å²) in [6, 6.07) is 9.72. The summed E-state index contributed by atoms with van der Waals surface area (Å²) in [6.07, 6.45) is 0.974. The summed E-state index contributed by atoms with van der Waals surface area (Å²) < 4.78 is 0.883. The molecule has 2 unspecified atom stereocenters. The number of fused-ring (bicyclic) bond motifs is 1. The van der Waals surface area contributed by atoms with Gasteiger partial charge in [0.25, 0.3) is 0 Å². The molecule has 2 aromatic carbocycles. The summed E-state index contributed by atoms with van der Waals surface area (Å²) in [5, 5.41) is 14.4. The fraction of sp³-hybridized carbons (Fsp3) is 0.294. The van der Waals surface area contributed by atoms with E-state index >= 15 is 0 Å². The number of rotatable bonds is 2. The molecule has 2 N–H and O–H groups in total. The van der Waals surface area contributed by atoms with Crippen LogP contribution in [0.2, 0.25) is 5.02 Å². The number of phenolic OH excluding ortho intramolecular Hbond substituents is 1. The van der Waals surface area contributed by atoms with Crippen molar-refractivity contribution in [3.8, 4) is 5.75 Å². The van der Waals surface area contributed by atoms with Crippen LogP contribution in [0.5, 0.6) is 5.75 Å². The first-order valence-electron chi connectivity index (χ1n) is 7.01. The second-order valence-corrected chi connectivity index (χ2v) is 6.95. The third-order valence-corrected chi connectivity index (χ3v) is 5.41. The Morgan fingerprint density at radius 1 is 1.24 bits per heavy atom. The maximum Gasteiger partial charge on any atom is 0.121 e. The number of hydrogen-bond acceptors (Lipinski definition) is 2. The van der Waals surface area contributed by atoms with Crippen molar-refractivity contribution in [3.63, 3.8) is 0 Å². The highest BCUT2D eigenvalue weighted by Crippen LogP contribution is 2.47. The van der Waals surface area contributed by atoms with Crippen LogP contribution in [-0.4, -0.2) is 5.11 Å². The highest BCUT2D eigenvalue weighted by molar-refractivity contribution is 9.10. The van der Waals surface area contributed by atoms with Gasteiger partial charge >= 0.3 is 0 Å². The Morgan fingerprint density at radius 3 is 2.71 bits per heavy atom. The van der Waals surface area contributed by atoms with Gasteiger partial charge in [0.15, 0.2) is 0 Å². The molecule has 0 saturated carbocycles. The largest absolute Gasteiger partial charge is 0.508 e. The van der Waals surface area contributed by atoms with Crippen LogP contribution in [0.15, 0.2) is 34.8 Å². The van der Waals surface area contributed by atoms with Crippen molar-refractivity contribution in [1.29, 1.82) is 0 Å². The van der Waals surface area contributed by atoms with Crippen LogP contribution < -0.4 is 5.32 Å². The van der Waals surface area contributed by atoms with E-state index in [2.05, 4.69) is 35.1 Å². The van der Waals surface area contributed by atoms with Gasteiger partial charge in [0, 0.05) is 15.7 Å². The molecular formula is C17H17BrClNO. The lowest BCUT2D eigenvalue weighted by atomic mass is 9.97. The van der Waals surface area contributed by atoms with Crippen LogP contribution in [0, 0.1) is 6.92 Å². The molecule has 2 atom stereocenters. The Morgan fingerprint density at radius 2 is 2.00 bits per heavy atom. The fourth-order valence-electron chi connectivity index (χ4n) is 3.26. The Balaban J connectivity index is 1.96. The maximum atomic E-state index is 10.2. The number of phenols is 1. The summed E-state index contributed by atoms with van der Waals surface area (Å²) >= 11 is 9.55. The predicted octanol–water partition coefficient (Wildman–Crippen LogP) is 5.78. The highest BCUT2D eigenvalue weighted by atomic mass is 79.9. The third-order valence-electron chi connectivity index (χ3n) is 4.17. The van der Waals surface area contributed by atoms with Gasteiger partial charge in [-0.3, -0.25) is 0 Å². The Bertz CT molecular complexity index is 701. The van der Waals surface area contributed by atoms with E-state index in [1.165, 1.54) is 11.1 Å². The van der Waals surface area contributed by atoms with E-state index < -0.39 is 0 Å². The quantitative estimate of drug-likeness (QED) is 0.706. The molecule has 4 heteroatoms. The van der Waals surface area contributed by atoms with E-state index in [-0.39, 0.29) is 6.04 Å². The second-order valence-electron chi connectivity index (χ2n) is 5.69. The van der Waals surface area contributed by atoms with Crippen LogP contribution in [0.1, 0.15) is 42.0 Å². The monoisotopic (exact) mass is 365 g/mol. The normalized spacial score (nSPS) is 20.4. The molecule has 0 aliphatic heterocycles. The summed E-state index contributed by atoms with van der Waals surface area (Å²) in [7, 11) is 0. The first kappa shape index (κ1) is 14.7. The van der Waals surface area contributed by atoms with Crippen LogP contribution in [0.25, 0.3) is 0 Å². The van der Waals surface area contributed by atoms with Gasteiger partial charge < -0.3 is 10.4 Å². The lowest BCUT2D eigenvalue weighted by molar-refractivity contribution is 0.465. The zero-order valence-corrected chi connectivity index (χ0v) is 14.3. The van der Waals surface area contributed by atoms with Crippen molar-refractivity contribution in [2.24, 2.45) is 0 Å². The number of anilines is 1. The molecule has 1 aliphatic rings. The number of hydrogen-bond donors (Lipinski definition) is 2. The van der Waals surface area contributed by atoms with E-state index in [9.17, 15) is 5.11 Å². The van der Waals surface area contributed by atoms with E-state index in [4.69, 9.17) is 11.6 Å². The first-order valence-corrected chi connectivity index (χ1v) is 8.18. The van der Waals surface area contributed by atoms with Crippen molar-refractivity contribution in [1.82, 2.24) is 0 Å². The van der Waals surface area contributed by atoms with Gasteiger partial charge in [0.1, 0.15) is 5.75 Å². The lowest BCUT2D eigenvalue weighted by Gasteiger charge is -2.17. The van der Waals surface area contributed by atoms with Gasteiger partial charge in [-0.25, -0.2) is 0 Å². The smallest absolute Gasteiger partial charge is 0.121 e. The summed E-state index contributed by atoms with van der Waals surface area (Å²) in [4.78, 5) is 0. The van der Waals surface area contributed by atoms with Gasteiger partial charge in [-0.2, -0.15) is 0 Å². The first-order chi connectivity index (χ1) is 9.97. The predicted molar refractivity (Wildman–Crippen MR) is 91.4 cm³/mol. The Hall–Kier alpha value is -1.19. The molecule has 21 heavy (non-hydrogen) atoms. The highest BCUT2D eigenvalue weighted by Gasteiger charge is 2.32. The number of nitrogens with one attached hydrogen (secondary N) is 1. The van der Waals surface area contributed by atoms with Gasteiger partial charge in [0.2, 0.25) is 0 Å². The van der Waals surface area contributed by atoms with Crippen LogP contribution in [0.3, 0.4) is 0 Å². The lowest BCUT2D eigenvalue weighted by Crippen LogP contribution is -2.07. The summed E-state index contributed by atoms with van der Waals surface area (Å²) in [6.45, 7) is 4.31. The van der Waals surface area contributed by atoms with Crippen molar-refractivity contribution < 1.29 is 5.11 Å². The molecule has 2 nitrogen and oxygen atoms in total. The van der Waals surface area contributed by atoms with E-state index in [1.807, 2.05) is 24.3 Å². The molecule has 1 aliphatic carbocycles. The van der Waals surface area contributed by atoms with E-state index in [1.54, 1.807) is 6.07 Å². The van der Waals surface area contributed by atoms with Crippen LogP contribution >= 0.6 is 27.5 Å². The van der Waals surface area contributed by atoms with Crippen molar-refractivity contribution >= 4 is 33.2 Å². The minimum absolute atomic E-state index is 0.118. The van der Waals surface area contributed by atoms with Gasteiger partial charge in [-0.05, 0) is 70.6 Å². The molecule has 0 bridgehead atoms. The average Bonchev–Trinajstić information content (AvgIpc) is 2.76. The molecule has 3 rings (SSSR count). The molecular weight excluding hydrogens is 350 g/mol. The SMILES string of the molecule is Cc1ccc(O)c2c1C(C)CC2Nc1ccc(Br)c(Cl)c1. The van der Waals surface area contributed by atoms with Gasteiger partial charge in [0.05, 0.1) is 11.1 Å². The van der Waals surface area contributed by atoms with Crippen LogP contribution in [0.4, 0.5) is 5.69 Å². The second kappa shape index (κ2) is 5.54. The molecule has 0 spiro atoms. The topological polar surface area (TPSA) is 32.3 Å².